The SMILES string of the molecule is CC(C)(C)OC(=O)NCCC(=O)OCC(C)(COC(=O)CCNC(=O)OC(C)(C)C)C(=O)OCC(C)(COC(=O)C(C)(COC(=O)CCNC(=O)OC(C)(C)C)COC(=O)CCNC(=O)OC(C)(C)C)C(=O)OCCS. The highest BCUT2D eigenvalue weighted by Crippen LogP contribution is 2.28. The molecule has 436 valence electrons. The van der Waals surface area contributed by atoms with Crippen molar-refractivity contribution in [3.05, 3.63) is 0 Å². The first-order chi connectivity index (χ1) is 34.7. The van der Waals surface area contributed by atoms with Crippen LogP contribution in [0.2, 0.25) is 0 Å². The van der Waals surface area contributed by atoms with E-state index >= 15 is 0 Å². The fraction of sp³-hybridized carbons (Fsp3) is 0.776. The van der Waals surface area contributed by atoms with Crippen LogP contribution in [0.1, 0.15) is 130 Å². The molecule has 0 saturated carbocycles. The van der Waals surface area contributed by atoms with Gasteiger partial charge in [-0.25, -0.2) is 19.2 Å². The molecule has 0 aliphatic heterocycles. The molecule has 0 saturated heterocycles. The Hall–Kier alpha value is -6.28. The molecule has 0 aliphatic rings. The fourth-order valence-electron chi connectivity index (χ4n) is 5.16. The minimum absolute atomic E-state index is 0.0478. The van der Waals surface area contributed by atoms with Crippen LogP contribution in [0.3, 0.4) is 0 Å². The third-order valence-corrected chi connectivity index (χ3v) is 9.23. The first-order valence-corrected chi connectivity index (χ1v) is 25.0. The van der Waals surface area contributed by atoms with Gasteiger partial charge < -0.3 is 73.4 Å². The molecule has 0 radical (unpaired) electrons. The Bertz CT molecular complexity index is 1760. The van der Waals surface area contributed by atoms with Crippen molar-refractivity contribution < 1.29 is 105 Å². The summed E-state index contributed by atoms with van der Waals surface area (Å²) >= 11 is 4.06. The number of ether oxygens (including phenoxy) is 11. The van der Waals surface area contributed by atoms with Crippen LogP contribution in [-0.4, -0.2) is 167 Å². The summed E-state index contributed by atoms with van der Waals surface area (Å²) < 4.78 is 58.5. The van der Waals surface area contributed by atoms with Crippen molar-refractivity contribution in [2.75, 3.05) is 78.2 Å². The van der Waals surface area contributed by atoms with E-state index in [4.69, 9.17) is 52.1 Å². The highest BCUT2D eigenvalue weighted by atomic mass is 32.1. The predicted octanol–water partition coefficient (Wildman–Crippen LogP) is 4.40. The molecule has 0 rings (SSSR count). The first kappa shape index (κ1) is 69.7. The molecule has 0 aliphatic carbocycles. The molecule has 4 amide bonds. The van der Waals surface area contributed by atoms with Crippen LogP contribution in [-0.2, 0) is 85.7 Å². The predicted molar refractivity (Wildman–Crippen MR) is 270 cm³/mol. The summed E-state index contributed by atoms with van der Waals surface area (Å²) in [6.45, 7) is 17.5. The number of esters is 7. The van der Waals surface area contributed by atoms with Crippen LogP contribution in [0, 0.1) is 16.2 Å². The summed E-state index contributed by atoms with van der Waals surface area (Å²) in [5.74, 6) is -6.96. The maximum Gasteiger partial charge on any atom is 0.407 e. The number of carbonyl (C=O) groups excluding carboxylic acids is 11. The molecule has 26 nitrogen and oxygen atoms in total. The topological polar surface area (TPSA) is 337 Å². The molecular weight excluding hydrogens is 1030 g/mol. The third kappa shape index (κ3) is 32.9. The van der Waals surface area contributed by atoms with Gasteiger partial charge >= 0.3 is 66.2 Å². The number of thiol groups is 1. The molecule has 0 aromatic heterocycles. The van der Waals surface area contributed by atoms with E-state index in [9.17, 15) is 52.7 Å². The molecule has 0 aromatic rings. The lowest BCUT2D eigenvalue weighted by Gasteiger charge is -2.32. The zero-order valence-electron chi connectivity index (χ0n) is 46.7. The van der Waals surface area contributed by atoms with Crippen molar-refractivity contribution in [1.82, 2.24) is 21.3 Å². The molecule has 27 heteroatoms. The Kier molecular flexibility index (Phi) is 29.1. The summed E-state index contributed by atoms with van der Waals surface area (Å²) in [6, 6.07) is 0. The van der Waals surface area contributed by atoms with Crippen molar-refractivity contribution in [2.45, 2.75) is 152 Å². The highest BCUT2D eigenvalue weighted by Gasteiger charge is 2.45. The zero-order chi connectivity index (χ0) is 58.8. The quantitative estimate of drug-likeness (QED) is 0.0394. The van der Waals surface area contributed by atoms with Crippen LogP contribution in [0.25, 0.3) is 0 Å². The van der Waals surface area contributed by atoms with Gasteiger partial charge in [-0.2, -0.15) is 12.6 Å². The van der Waals surface area contributed by atoms with Crippen LogP contribution >= 0.6 is 12.6 Å². The van der Waals surface area contributed by atoms with Crippen LogP contribution in [0.5, 0.6) is 0 Å². The van der Waals surface area contributed by atoms with Crippen molar-refractivity contribution >= 4 is 78.8 Å². The molecule has 4 N–H and O–H groups in total. The van der Waals surface area contributed by atoms with Crippen LogP contribution in [0.15, 0.2) is 0 Å². The second-order valence-electron chi connectivity index (χ2n) is 22.1. The van der Waals surface area contributed by atoms with Gasteiger partial charge in [0.2, 0.25) is 0 Å². The Labute approximate surface area is 450 Å². The van der Waals surface area contributed by atoms with Gasteiger partial charge in [0.1, 0.15) is 84.9 Å². The number of nitrogens with one attached hydrogen (secondary N) is 4. The van der Waals surface area contributed by atoms with Gasteiger partial charge in [-0.3, -0.25) is 33.6 Å². The summed E-state index contributed by atoms with van der Waals surface area (Å²) in [5.41, 5.74) is -9.25. The molecule has 0 unspecified atom stereocenters. The monoisotopic (exact) mass is 1110 g/mol. The van der Waals surface area contributed by atoms with Gasteiger partial charge in [-0.1, -0.05) is 0 Å². The normalized spacial score (nSPS) is 12.1. The lowest BCUT2D eigenvalue weighted by Crippen LogP contribution is -2.47. The second kappa shape index (κ2) is 31.7. The number of hydrogen-bond acceptors (Lipinski definition) is 23. The Balaban J connectivity index is 6.49. The summed E-state index contributed by atoms with van der Waals surface area (Å²) in [6.07, 6.45) is -4.73. The Morgan fingerprint density at radius 1 is 0.316 bits per heavy atom. The van der Waals surface area contributed by atoms with Gasteiger partial charge in [-0.05, 0) is 104 Å². The standard InChI is InChI=1S/C49H82N4O22S/c1-43(2,3)72-39(61)50-20-16-32(54)66-26-47(13,27-67-33(55)17-21-51-40(62)73-44(4,5)6)37(59)70-30-49(15,36(58)65-24-25-76)31-71-38(60)48(14,28-68-34(56)18-22-52-41(63)74-45(7,8)9)29-69-35(57)19-23-53-42(64)75-46(10,11)12/h76H,16-31H2,1-15H3,(H,50,61)(H,51,62)(H,52,63)(H,53,64). The molecule has 76 heavy (non-hydrogen) atoms. The van der Waals surface area contributed by atoms with Gasteiger partial charge in [-0.15, -0.1) is 0 Å². The van der Waals surface area contributed by atoms with E-state index in [-0.39, 0.29) is 64.2 Å². The van der Waals surface area contributed by atoms with Gasteiger partial charge in [0, 0.05) is 31.9 Å². The van der Waals surface area contributed by atoms with E-state index in [1.807, 2.05) is 0 Å². The van der Waals surface area contributed by atoms with Gasteiger partial charge in [0.15, 0.2) is 0 Å². The highest BCUT2D eigenvalue weighted by molar-refractivity contribution is 7.80. The molecule has 0 bridgehead atoms. The van der Waals surface area contributed by atoms with Crippen molar-refractivity contribution in [2.24, 2.45) is 16.2 Å². The van der Waals surface area contributed by atoms with E-state index in [0.717, 1.165) is 0 Å². The lowest BCUT2D eigenvalue weighted by atomic mass is 9.90. The maximum absolute atomic E-state index is 14.0. The zero-order valence-corrected chi connectivity index (χ0v) is 47.6. The molecule has 0 spiro atoms. The van der Waals surface area contributed by atoms with Gasteiger partial charge in [0.25, 0.3) is 0 Å². The average molecular weight is 1110 g/mol. The van der Waals surface area contributed by atoms with E-state index in [1.165, 1.54) is 20.8 Å². The molecule has 0 atom stereocenters. The fourth-order valence-corrected chi connectivity index (χ4v) is 5.25. The first-order valence-electron chi connectivity index (χ1n) is 24.3. The molecular formula is C49H82N4O22S. The van der Waals surface area contributed by atoms with Crippen LogP contribution in [0.4, 0.5) is 19.2 Å². The minimum atomic E-state index is -2.02. The van der Waals surface area contributed by atoms with E-state index in [0.29, 0.717) is 0 Å². The molecule has 0 aromatic carbocycles. The number of carbonyl (C=O) groups is 11. The molecule has 0 fully saturated rings. The third-order valence-electron chi connectivity index (χ3n) is 9.04. The van der Waals surface area contributed by atoms with Crippen LogP contribution < -0.4 is 21.3 Å². The van der Waals surface area contributed by atoms with E-state index < -0.39 is 144 Å². The number of rotatable bonds is 29. The summed E-state index contributed by atoms with van der Waals surface area (Å²) in [5, 5.41) is 9.58. The maximum atomic E-state index is 14.0. The number of alkyl carbamates (subject to hydrolysis) is 4. The van der Waals surface area contributed by atoms with Crippen molar-refractivity contribution in [3.8, 4) is 0 Å². The smallest absolute Gasteiger partial charge is 0.407 e. The largest absolute Gasteiger partial charge is 0.464 e. The number of hydrogen-bond donors (Lipinski definition) is 5. The van der Waals surface area contributed by atoms with E-state index in [1.54, 1.807) is 83.1 Å². The Morgan fingerprint density at radius 2 is 0.513 bits per heavy atom. The minimum Gasteiger partial charge on any atom is -0.464 e. The summed E-state index contributed by atoms with van der Waals surface area (Å²) in [4.78, 5) is 141. The number of amides is 4. The average Bonchev–Trinajstić information content (AvgIpc) is 3.26. The van der Waals surface area contributed by atoms with Gasteiger partial charge in [0.05, 0.1) is 25.7 Å². The second-order valence-corrected chi connectivity index (χ2v) is 22.5. The summed E-state index contributed by atoms with van der Waals surface area (Å²) in [7, 11) is 0. The van der Waals surface area contributed by atoms with Crippen molar-refractivity contribution in [3.63, 3.8) is 0 Å². The molecule has 0 heterocycles. The Morgan fingerprint density at radius 3 is 0.711 bits per heavy atom. The van der Waals surface area contributed by atoms with E-state index in [2.05, 4.69) is 33.9 Å². The lowest BCUT2D eigenvalue weighted by molar-refractivity contribution is -0.181. The van der Waals surface area contributed by atoms with Crippen molar-refractivity contribution in [1.29, 1.82) is 0 Å².